The highest BCUT2D eigenvalue weighted by atomic mass is 35.5. The standard InChI is InChI=1S/C17H25ClN4O2/c1-12(2)9-19-17(21-11-16(23)22(3)4)20-10-13-6-7-15(24-5)14(18)8-13/h6-8H,1,9-11H2,2-5H3,(H2,19,20,21). The number of benzene rings is 1. The summed E-state index contributed by atoms with van der Waals surface area (Å²) in [5, 5.41) is 6.68. The number of guanidine groups is 1. The lowest BCUT2D eigenvalue weighted by atomic mass is 10.2. The summed E-state index contributed by atoms with van der Waals surface area (Å²) in [6.45, 7) is 6.93. The topological polar surface area (TPSA) is 66.0 Å². The van der Waals surface area contributed by atoms with Crippen LogP contribution in [0.4, 0.5) is 0 Å². The van der Waals surface area contributed by atoms with Crippen molar-refractivity contribution in [1.29, 1.82) is 0 Å². The number of methoxy groups -OCH3 is 1. The van der Waals surface area contributed by atoms with E-state index in [-0.39, 0.29) is 12.5 Å². The monoisotopic (exact) mass is 352 g/mol. The zero-order valence-electron chi connectivity index (χ0n) is 14.6. The largest absolute Gasteiger partial charge is 0.495 e. The van der Waals surface area contributed by atoms with Crippen molar-refractivity contribution in [2.75, 3.05) is 34.3 Å². The number of nitrogens with one attached hydrogen (secondary N) is 2. The van der Waals surface area contributed by atoms with Gasteiger partial charge in [0.15, 0.2) is 5.96 Å². The fraction of sp³-hybridized carbons (Fsp3) is 0.412. The average molecular weight is 353 g/mol. The fourth-order valence-corrected chi connectivity index (χ4v) is 1.99. The normalized spacial score (nSPS) is 11.0. The number of amides is 1. The Bertz CT molecular complexity index is 615. The van der Waals surface area contributed by atoms with Crippen LogP contribution in [0.2, 0.25) is 5.02 Å². The number of halogens is 1. The second kappa shape index (κ2) is 9.82. The van der Waals surface area contributed by atoms with Gasteiger partial charge in [-0.15, -0.1) is 0 Å². The Morgan fingerprint density at radius 3 is 2.54 bits per heavy atom. The Morgan fingerprint density at radius 2 is 2.00 bits per heavy atom. The van der Waals surface area contributed by atoms with Crippen LogP contribution in [0.3, 0.4) is 0 Å². The second-order valence-electron chi connectivity index (χ2n) is 5.59. The molecule has 0 heterocycles. The van der Waals surface area contributed by atoms with E-state index in [1.807, 2.05) is 19.1 Å². The number of carbonyl (C=O) groups is 1. The van der Waals surface area contributed by atoms with Gasteiger partial charge in [0.2, 0.25) is 5.91 Å². The lowest BCUT2D eigenvalue weighted by Crippen LogP contribution is -2.43. The molecule has 0 unspecified atom stereocenters. The summed E-state index contributed by atoms with van der Waals surface area (Å²) in [6, 6.07) is 5.51. The molecule has 0 aliphatic heterocycles. The van der Waals surface area contributed by atoms with Crippen molar-refractivity contribution in [2.24, 2.45) is 4.99 Å². The minimum atomic E-state index is -0.0349. The summed E-state index contributed by atoms with van der Waals surface area (Å²) in [4.78, 5) is 17.7. The van der Waals surface area contributed by atoms with Crippen molar-refractivity contribution < 1.29 is 9.53 Å². The molecule has 1 aromatic rings. The predicted octanol–water partition coefficient (Wildman–Crippen LogP) is 2.05. The molecule has 0 bridgehead atoms. The van der Waals surface area contributed by atoms with Crippen LogP contribution in [0.5, 0.6) is 5.75 Å². The molecule has 24 heavy (non-hydrogen) atoms. The summed E-state index contributed by atoms with van der Waals surface area (Å²) in [5.41, 5.74) is 1.91. The van der Waals surface area contributed by atoms with E-state index < -0.39 is 0 Å². The average Bonchev–Trinajstić information content (AvgIpc) is 2.53. The molecule has 7 heteroatoms. The van der Waals surface area contributed by atoms with E-state index in [9.17, 15) is 4.79 Å². The highest BCUT2D eigenvalue weighted by Gasteiger charge is 2.06. The summed E-state index contributed by atoms with van der Waals surface area (Å²) >= 11 is 6.12. The van der Waals surface area contributed by atoms with Crippen LogP contribution >= 0.6 is 11.6 Å². The molecule has 0 atom stereocenters. The van der Waals surface area contributed by atoms with E-state index in [0.717, 1.165) is 11.1 Å². The van der Waals surface area contributed by atoms with E-state index in [1.54, 1.807) is 27.3 Å². The maximum atomic E-state index is 11.7. The number of hydrogen-bond acceptors (Lipinski definition) is 3. The first-order valence-corrected chi connectivity index (χ1v) is 7.90. The van der Waals surface area contributed by atoms with Crippen LogP contribution in [0.1, 0.15) is 12.5 Å². The first-order valence-electron chi connectivity index (χ1n) is 7.52. The van der Waals surface area contributed by atoms with Crippen LogP contribution in [-0.2, 0) is 11.3 Å². The van der Waals surface area contributed by atoms with Gasteiger partial charge in [0.25, 0.3) is 0 Å². The van der Waals surface area contributed by atoms with E-state index in [1.165, 1.54) is 4.90 Å². The van der Waals surface area contributed by atoms with Crippen LogP contribution in [0.15, 0.2) is 35.3 Å². The van der Waals surface area contributed by atoms with Gasteiger partial charge in [-0.2, -0.15) is 0 Å². The molecule has 0 spiro atoms. The molecule has 0 aromatic heterocycles. The van der Waals surface area contributed by atoms with Gasteiger partial charge < -0.3 is 20.3 Å². The molecule has 132 valence electrons. The van der Waals surface area contributed by atoms with Gasteiger partial charge in [0, 0.05) is 20.6 Å². The third-order valence-corrected chi connectivity index (χ3v) is 3.39. The lowest BCUT2D eigenvalue weighted by Gasteiger charge is -2.15. The Balaban J connectivity index is 2.76. The Labute approximate surface area is 148 Å². The molecule has 2 N–H and O–H groups in total. The van der Waals surface area contributed by atoms with E-state index in [4.69, 9.17) is 16.3 Å². The molecule has 6 nitrogen and oxygen atoms in total. The van der Waals surface area contributed by atoms with Gasteiger partial charge in [-0.1, -0.05) is 29.8 Å². The summed E-state index contributed by atoms with van der Waals surface area (Å²) < 4.78 is 5.13. The number of aliphatic imine (C=N–C) groups is 1. The van der Waals surface area contributed by atoms with Crippen LogP contribution in [0, 0.1) is 0 Å². The zero-order valence-corrected chi connectivity index (χ0v) is 15.4. The molecule has 1 aromatic carbocycles. The molecule has 1 amide bonds. The molecule has 0 saturated heterocycles. The maximum Gasteiger partial charge on any atom is 0.241 e. The third-order valence-electron chi connectivity index (χ3n) is 3.10. The van der Waals surface area contributed by atoms with Gasteiger partial charge in [-0.05, 0) is 24.6 Å². The smallest absolute Gasteiger partial charge is 0.241 e. The number of likely N-dealkylation sites (N-methyl/N-ethyl adjacent to an activating group) is 1. The highest BCUT2D eigenvalue weighted by Crippen LogP contribution is 2.25. The van der Waals surface area contributed by atoms with E-state index >= 15 is 0 Å². The molecule has 1 rings (SSSR count). The van der Waals surface area contributed by atoms with Crippen LogP contribution in [-0.4, -0.2) is 51.1 Å². The number of rotatable bonds is 7. The first kappa shape index (κ1) is 19.8. The van der Waals surface area contributed by atoms with Crippen molar-refractivity contribution in [2.45, 2.75) is 13.5 Å². The van der Waals surface area contributed by atoms with Gasteiger partial charge in [0.05, 0.1) is 25.2 Å². The van der Waals surface area contributed by atoms with Crippen LogP contribution < -0.4 is 15.4 Å². The van der Waals surface area contributed by atoms with Gasteiger partial charge in [-0.25, -0.2) is 4.99 Å². The molecule has 0 saturated carbocycles. The number of nitrogens with zero attached hydrogens (tertiary/aromatic N) is 2. The van der Waals surface area contributed by atoms with Crippen molar-refractivity contribution >= 4 is 23.5 Å². The molecule has 0 aliphatic carbocycles. The number of carbonyl (C=O) groups excluding carboxylic acids is 1. The molecular weight excluding hydrogens is 328 g/mol. The van der Waals surface area contributed by atoms with Gasteiger partial charge in [-0.3, -0.25) is 4.79 Å². The number of ether oxygens (including phenoxy) is 1. The van der Waals surface area contributed by atoms with E-state index in [0.29, 0.717) is 29.8 Å². The fourth-order valence-electron chi connectivity index (χ4n) is 1.70. The quantitative estimate of drug-likeness (QED) is 0.448. The van der Waals surface area contributed by atoms with Gasteiger partial charge >= 0.3 is 0 Å². The minimum Gasteiger partial charge on any atom is -0.495 e. The number of hydrogen-bond donors (Lipinski definition) is 2. The SMILES string of the molecule is C=C(C)CNC(=NCc1ccc(OC)c(Cl)c1)NCC(=O)N(C)C. The van der Waals surface area contributed by atoms with Crippen molar-refractivity contribution in [3.05, 3.63) is 40.9 Å². The second-order valence-corrected chi connectivity index (χ2v) is 5.99. The first-order chi connectivity index (χ1) is 11.3. The van der Waals surface area contributed by atoms with Crippen molar-refractivity contribution in [3.63, 3.8) is 0 Å². The van der Waals surface area contributed by atoms with Crippen LogP contribution in [0.25, 0.3) is 0 Å². The Kier molecular flexibility index (Phi) is 8.12. The summed E-state index contributed by atoms with van der Waals surface area (Å²) in [6.07, 6.45) is 0. The molecular formula is C17H25ClN4O2. The van der Waals surface area contributed by atoms with Crippen molar-refractivity contribution in [3.8, 4) is 5.75 Å². The van der Waals surface area contributed by atoms with Gasteiger partial charge in [0.1, 0.15) is 5.75 Å². The predicted molar refractivity (Wildman–Crippen MR) is 98.7 cm³/mol. The van der Waals surface area contributed by atoms with E-state index in [2.05, 4.69) is 22.2 Å². The van der Waals surface area contributed by atoms with Crippen molar-refractivity contribution in [1.82, 2.24) is 15.5 Å². The Hall–Kier alpha value is -2.21. The Morgan fingerprint density at radius 1 is 1.33 bits per heavy atom. The zero-order chi connectivity index (χ0) is 18.1. The molecule has 0 fully saturated rings. The summed E-state index contributed by atoms with van der Waals surface area (Å²) in [7, 11) is 4.99. The lowest BCUT2D eigenvalue weighted by molar-refractivity contribution is -0.127. The summed E-state index contributed by atoms with van der Waals surface area (Å²) in [5.74, 6) is 1.13. The highest BCUT2D eigenvalue weighted by molar-refractivity contribution is 6.32. The third kappa shape index (κ3) is 6.91. The molecule has 0 radical (unpaired) electrons. The maximum absolute atomic E-state index is 11.7. The molecule has 0 aliphatic rings. The minimum absolute atomic E-state index is 0.0349.